The quantitative estimate of drug-likeness (QED) is 0.412. The normalized spacial score (nSPS) is 11.3. The maximum atomic E-state index is 5.83. The van der Waals surface area contributed by atoms with Gasteiger partial charge in [-0.3, -0.25) is 0 Å². The number of ether oxygens (including phenoxy) is 1. The van der Waals surface area contributed by atoms with Crippen LogP contribution in [0.15, 0.2) is 79.2 Å². The number of hydrogen-bond acceptors (Lipinski definition) is 2. The number of aryl methyl sites for hydroxylation is 2. The van der Waals surface area contributed by atoms with E-state index in [9.17, 15) is 0 Å². The highest BCUT2D eigenvalue weighted by atomic mass is 16.5. The van der Waals surface area contributed by atoms with Crippen molar-refractivity contribution in [1.82, 2.24) is 0 Å². The molecule has 0 saturated heterocycles. The minimum Gasteiger partial charge on any atom is -0.475 e. The Morgan fingerprint density at radius 2 is 1.50 bits per heavy atom. The number of hydrogen-bond donors (Lipinski definition) is 1. The van der Waals surface area contributed by atoms with E-state index in [1.807, 2.05) is 32.0 Å². The van der Waals surface area contributed by atoms with Crippen LogP contribution in [0.1, 0.15) is 67.5 Å². The molecular formula is C30H39NO. The van der Waals surface area contributed by atoms with Crippen LogP contribution >= 0.6 is 0 Å². The predicted molar refractivity (Wildman–Crippen MR) is 139 cm³/mol. The van der Waals surface area contributed by atoms with Gasteiger partial charge in [0.15, 0.2) is 5.88 Å². The van der Waals surface area contributed by atoms with Crippen LogP contribution in [0.25, 0.3) is 0 Å². The van der Waals surface area contributed by atoms with Crippen molar-refractivity contribution >= 4 is 5.69 Å². The molecule has 0 aromatic heterocycles. The Kier molecular flexibility index (Phi) is 10.6. The fourth-order valence-corrected chi connectivity index (χ4v) is 3.84. The van der Waals surface area contributed by atoms with E-state index in [2.05, 4.69) is 81.2 Å². The van der Waals surface area contributed by atoms with Gasteiger partial charge < -0.3 is 10.1 Å². The van der Waals surface area contributed by atoms with E-state index in [4.69, 9.17) is 4.74 Å². The first-order valence-corrected chi connectivity index (χ1v) is 11.9. The summed E-state index contributed by atoms with van der Waals surface area (Å²) in [6.07, 6.45) is 4.34. The lowest BCUT2D eigenvalue weighted by molar-refractivity contribution is 0.205. The van der Waals surface area contributed by atoms with E-state index < -0.39 is 0 Å². The van der Waals surface area contributed by atoms with E-state index in [1.165, 1.54) is 34.2 Å². The van der Waals surface area contributed by atoms with Gasteiger partial charge in [-0.25, -0.2) is 0 Å². The van der Waals surface area contributed by atoms with Crippen molar-refractivity contribution in [3.8, 4) is 0 Å². The minimum absolute atomic E-state index is 0.520. The molecule has 0 unspecified atom stereocenters. The zero-order chi connectivity index (χ0) is 23.3. The van der Waals surface area contributed by atoms with Gasteiger partial charge in [0.25, 0.3) is 0 Å². The minimum atomic E-state index is 0.520. The van der Waals surface area contributed by atoms with E-state index in [1.54, 1.807) is 0 Å². The maximum Gasteiger partial charge on any atom is 0.184 e. The van der Waals surface area contributed by atoms with Crippen LogP contribution in [-0.2, 0) is 30.6 Å². The molecule has 0 bridgehead atoms. The molecule has 0 aliphatic heterocycles. The Balaban J connectivity index is 0.000000671. The highest BCUT2D eigenvalue weighted by Gasteiger charge is 2.17. The molecule has 0 radical (unpaired) electrons. The summed E-state index contributed by atoms with van der Waals surface area (Å²) < 4.78 is 5.83. The van der Waals surface area contributed by atoms with Crippen molar-refractivity contribution in [3.63, 3.8) is 0 Å². The van der Waals surface area contributed by atoms with Crippen LogP contribution in [0, 0.1) is 6.92 Å². The summed E-state index contributed by atoms with van der Waals surface area (Å²) in [5.41, 5.74) is 9.34. The van der Waals surface area contributed by atoms with Gasteiger partial charge in [-0.15, -0.1) is 0 Å². The number of fused-ring (bicyclic) bond motifs is 2. The SMILES string of the molecule is C=C(Nc1cccc2c1CCc1cccc(C)c1C2)OCc1ccccc1.CC.CCC. The lowest BCUT2D eigenvalue weighted by Crippen LogP contribution is -2.07. The maximum absolute atomic E-state index is 5.83. The number of anilines is 1. The Morgan fingerprint density at radius 3 is 2.22 bits per heavy atom. The molecule has 0 heterocycles. The van der Waals surface area contributed by atoms with Crippen LogP contribution in [-0.4, -0.2) is 0 Å². The summed E-state index contributed by atoms with van der Waals surface area (Å²) in [5.74, 6) is 0.588. The molecule has 3 aromatic rings. The van der Waals surface area contributed by atoms with Crippen LogP contribution in [0.5, 0.6) is 0 Å². The average Bonchev–Trinajstić information content (AvgIpc) is 3.01. The van der Waals surface area contributed by atoms with Gasteiger partial charge in [0.2, 0.25) is 0 Å². The van der Waals surface area contributed by atoms with E-state index in [0.29, 0.717) is 12.5 Å². The molecule has 0 atom stereocenters. The molecule has 1 N–H and O–H groups in total. The topological polar surface area (TPSA) is 21.3 Å². The molecule has 0 spiro atoms. The molecule has 4 rings (SSSR count). The van der Waals surface area contributed by atoms with Gasteiger partial charge in [0, 0.05) is 5.69 Å². The third-order valence-electron chi connectivity index (χ3n) is 5.32. The third-order valence-corrected chi connectivity index (χ3v) is 5.32. The smallest absolute Gasteiger partial charge is 0.184 e. The van der Waals surface area contributed by atoms with Crippen LogP contribution in [0.4, 0.5) is 5.69 Å². The molecule has 2 nitrogen and oxygen atoms in total. The zero-order valence-corrected chi connectivity index (χ0v) is 20.5. The second-order valence-electron chi connectivity index (χ2n) is 7.86. The second kappa shape index (κ2) is 13.4. The van der Waals surface area contributed by atoms with Crippen molar-refractivity contribution in [3.05, 3.63) is 113 Å². The van der Waals surface area contributed by atoms with Crippen molar-refractivity contribution in [2.24, 2.45) is 0 Å². The first-order chi connectivity index (χ1) is 15.6. The predicted octanol–water partition coefficient (Wildman–Crippen LogP) is 8.23. The Hall–Kier alpha value is -3.00. The van der Waals surface area contributed by atoms with Gasteiger partial charge in [-0.05, 0) is 72.2 Å². The Bertz CT molecular complexity index is 975. The molecule has 0 amide bonds. The zero-order valence-electron chi connectivity index (χ0n) is 20.5. The molecule has 1 aliphatic carbocycles. The Morgan fingerprint density at radius 1 is 0.844 bits per heavy atom. The van der Waals surface area contributed by atoms with Crippen molar-refractivity contribution in [1.29, 1.82) is 0 Å². The van der Waals surface area contributed by atoms with Crippen molar-refractivity contribution < 1.29 is 4.74 Å². The monoisotopic (exact) mass is 429 g/mol. The van der Waals surface area contributed by atoms with Gasteiger partial charge in [0.05, 0.1) is 0 Å². The number of nitrogens with one attached hydrogen (secondary N) is 1. The van der Waals surface area contributed by atoms with Crippen LogP contribution in [0.2, 0.25) is 0 Å². The van der Waals surface area contributed by atoms with Crippen LogP contribution < -0.4 is 5.32 Å². The van der Waals surface area contributed by atoms with E-state index in [-0.39, 0.29) is 0 Å². The van der Waals surface area contributed by atoms with E-state index >= 15 is 0 Å². The summed E-state index contributed by atoms with van der Waals surface area (Å²) in [5, 5.41) is 3.39. The third kappa shape index (κ3) is 7.02. The standard InChI is InChI=1S/C25H25NO.C3H8.C2H6/c1-18-8-6-11-21-14-15-23-22(16-24(18)21)12-7-13-25(23)26-19(2)27-17-20-9-4-3-5-10-20;1-3-2;1-2/h3-13,26H,2,14-17H2,1H3;3H2,1-2H3;1-2H3. The summed E-state index contributed by atoms with van der Waals surface area (Å²) in [7, 11) is 0. The van der Waals surface area contributed by atoms with E-state index in [0.717, 1.165) is 30.5 Å². The molecule has 0 saturated carbocycles. The number of rotatable bonds is 5. The average molecular weight is 430 g/mol. The largest absolute Gasteiger partial charge is 0.475 e. The lowest BCUT2D eigenvalue weighted by atomic mass is 9.96. The summed E-state index contributed by atoms with van der Waals surface area (Å²) in [6.45, 7) is 15.0. The fraction of sp³-hybridized carbons (Fsp3) is 0.333. The highest BCUT2D eigenvalue weighted by molar-refractivity contribution is 5.59. The highest BCUT2D eigenvalue weighted by Crippen LogP contribution is 2.31. The molecule has 170 valence electrons. The number of benzene rings is 3. The lowest BCUT2D eigenvalue weighted by Gasteiger charge is -2.16. The van der Waals surface area contributed by atoms with Gasteiger partial charge in [-0.1, -0.05) is 94.8 Å². The second-order valence-corrected chi connectivity index (χ2v) is 7.86. The molecule has 2 heteroatoms. The summed E-state index contributed by atoms with van der Waals surface area (Å²) >= 11 is 0. The van der Waals surface area contributed by atoms with Crippen molar-refractivity contribution in [2.75, 3.05) is 5.32 Å². The van der Waals surface area contributed by atoms with Crippen molar-refractivity contribution in [2.45, 2.75) is 66.9 Å². The molecular weight excluding hydrogens is 390 g/mol. The fourth-order valence-electron chi connectivity index (χ4n) is 3.84. The molecule has 3 aromatic carbocycles. The van der Waals surface area contributed by atoms with Gasteiger partial charge in [-0.2, -0.15) is 0 Å². The van der Waals surface area contributed by atoms with Crippen LogP contribution in [0.3, 0.4) is 0 Å². The van der Waals surface area contributed by atoms with Gasteiger partial charge >= 0.3 is 0 Å². The summed E-state index contributed by atoms with van der Waals surface area (Å²) in [6, 6.07) is 23.3. The Labute approximate surface area is 195 Å². The molecule has 0 fully saturated rings. The molecule has 1 aliphatic rings. The first kappa shape index (κ1) is 25.3. The molecule has 32 heavy (non-hydrogen) atoms. The van der Waals surface area contributed by atoms with Gasteiger partial charge in [0.1, 0.15) is 6.61 Å². The first-order valence-electron chi connectivity index (χ1n) is 11.9. The summed E-state index contributed by atoms with van der Waals surface area (Å²) in [4.78, 5) is 0.